The maximum Gasteiger partial charge on any atom is 0.488 e. The Labute approximate surface area is 167 Å². The molecule has 2 aromatic rings. The molecule has 0 aliphatic heterocycles. The van der Waals surface area contributed by atoms with E-state index >= 15 is 0 Å². The summed E-state index contributed by atoms with van der Waals surface area (Å²) in [6.45, 7) is 3.05. The Balaban J connectivity index is 2.01. The molecular formula is C11H16N5O11P3. The van der Waals surface area contributed by atoms with Crippen LogP contribution in [0.25, 0.3) is 11.2 Å². The quantitative estimate of drug-likeness (QED) is 0.188. The van der Waals surface area contributed by atoms with Gasteiger partial charge in [-0.25, -0.2) is 18.4 Å². The molecule has 19 heteroatoms. The molecule has 30 heavy (non-hydrogen) atoms. The fourth-order valence-corrected chi connectivity index (χ4v) is 5.33. The van der Waals surface area contributed by atoms with Crippen LogP contribution < -0.4 is 11.3 Å². The second kappa shape index (κ2) is 9.06. The first-order valence-corrected chi connectivity index (χ1v) is 12.3. The van der Waals surface area contributed by atoms with Crippen molar-refractivity contribution in [2.75, 3.05) is 18.7 Å². The van der Waals surface area contributed by atoms with Crippen molar-refractivity contribution in [2.24, 2.45) is 0 Å². The fourth-order valence-electron chi connectivity index (χ4n) is 2.06. The summed E-state index contributed by atoms with van der Waals surface area (Å²) in [5.74, 6) is -0.140. The number of hydrogen-bond donors (Lipinski definition) is 6. The van der Waals surface area contributed by atoms with E-state index in [9.17, 15) is 23.4 Å². The summed E-state index contributed by atoms with van der Waals surface area (Å²) in [5, 5.41) is 0. The SMILES string of the molecule is C=C=C(COCP(=O)(O)OP(=O)(O)OP(=O)(O)O)Cn1cnc2c(=O)[nH]c(N)nc21. The predicted molar refractivity (Wildman–Crippen MR) is 99.9 cm³/mol. The Hall–Kier alpha value is -1.92. The number of ether oxygens (including phenoxy) is 1. The van der Waals surface area contributed by atoms with Crippen LogP contribution in [0, 0.1) is 0 Å². The Bertz CT molecular complexity index is 1190. The zero-order valence-corrected chi connectivity index (χ0v) is 17.5. The molecule has 2 aromatic heterocycles. The summed E-state index contributed by atoms with van der Waals surface area (Å²) in [4.78, 5) is 57.5. The molecule has 0 aliphatic carbocycles. The summed E-state index contributed by atoms with van der Waals surface area (Å²) < 4.78 is 47.3. The minimum Gasteiger partial charge on any atom is -0.369 e. The van der Waals surface area contributed by atoms with Crippen LogP contribution >= 0.6 is 23.2 Å². The normalized spacial score (nSPS) is 16.0. The molecule has 16 nitrogen and oxygen atoms in total. The predicted octanol–water partition coefficient (Wildman–Crippen LogP) is -0.201. The average Bonchev–Trinajstić information content (AvgIpc) is 2.93. The Morgan fingerprint density at radius 3 is 2.53 bits per heavy atom. The molecule has 2 rings (SSSR count). The van der Waals surface area contributed by atoms with E-state index in [1.807, 2.05) is 0 Å². The fraction of sp³-hybridized carbons (Fsp3) is 0.273. The lowest BCUT2D eigenvalue weighted by Crippen LogP contribution is -2.13. The molecule has 0 saturated heterocycles. The van der Waals surface area contributed by atoms with Crippen molar-refractivity contribution in [1.29, 1.82) is 0 Å². The lowest BCUT2D eigenvalue weighted by molar-refractivity contribution is 0.168. The minimum atomic E-state index is -5.55. The molecule has 0 fully saturated rings. The number of aromatic nitrogens is 4. The van der Waals surface area contributed by atoms with Crippen molar-refractivity contribution in [3.05, 3.63) is 34.6 Å². The van der Waals surface area contributed by atoms with Gasteiger partial charge in [0.25, 0.3) is 5.56 Å². The van der Waals surface area contributed by atoms with Crippen molar-refractivity contribution in [3.63, 3.8) is 0 Å². The smallest absolute Gasteiger partial charge is 0.369 e. The van der Waals surface area contributed by atoms with Gasteiger partial charge >= 0.3 is 23.2 Å². The Morgan fingerprint density at radius 2 is 1.93 bits per heavy atom. The number of nitrogens with one attached hydrogen (secondary N) is 1. The Morgan fingerprint density at radius 1 is 1.27 bits per heavy atom. The topological polar surface area (TPSA) is 249 Å². The van der Waals surface area contributed by atoms with E-state index in [-0.39, 0.29) is 35.8 Å². The van der Waals surface area contributed by atoms with Gasteiger partial charge in [0.05, 0.1) is 19.5 Å². The molecule has 7 N–H and O–H groups in total. The number of aromatic amines is 1. The van der Waals surface area contributed by atoms with Crippen molar-refractivity contribution >= 4 is 40.4 Å². The van der Waals surface area contributed by atoms with E-state index in [0.29, 0.717) is 0 Å². The highest BCUT2D eigenvalue weighted by Gasteiger charge is 2.39. The van der Waals surface area contributed by atoms with Gasteiger partial charge in [0.2, 0.25) is 5.95 Å². The third-order valence-corrected chi connectivity index (χ3v) is 7.11. The first kappa shape index (κ1) is 24.4. The van der Waals surface area contributed by atoms with Crippen LogP contribution in [0.4, 0.5) is 5.95 Å². The van der Waals surface area contributed by atoms with E-state index in [1.54, 1.807) is 0 Å². The first-order chi connectivity index (χ1) is 13.7. The zero-order valence-electron chi connectivity index (χ0n) is 14.8. The highest BCUT2D eigenvalue weighted by molar-refractivity contribution is 7.68. The molecule has 0 amide bonds. The molecule has 2 unspecified atom stereocenters. The van der Waals surface area contributed by atoms with Crippen LogP contribution in [0.1, 0.15) is 0 Å². The second-order valence-electron chi connectivity index (χ2n) is 5.51. The molecule has 0 saturated carbocycles. The van der Waals surface area contributed by atoms with Gasteiger partial charge in [-0.1, -0.05) is 6.58 Å². The Kier molecular flexibility index (Phi) is 7.36. The number of H-pyrrole nitrogens is 1. The summed E-state index contributed by atoms with van der Waals surface area (Å²) in [5.41, 5.74) is 7.89. The van der Waals surface area contributed by atoms with Gasteiger partial charge in [-0.3, -0.25) is 14.3 Å². The van der Waals surface area contributed by atoms with Crippen molar-refractivity contribution in [3.8, 4) is 0 Å². The highest BCUT2D eigenvalue weighted by Crippen LogP contribution is 2.65. The average molecular weight is 487 g/mol. The maximum atomic E-state index is 11.8. The molecule has 0 aromatic carbocycles. The monoisotopic (exact) mass is 487 g/mol. The van der Waals surface area contributed by atoms with E-state index in [4.69, 9.17) is 25.2 Å². The van der Waals surface area contributed by atoms with Crippen LogP contribution in [0.5, 0.6) is 0 Å². The van der Waals surface area contributed by atoms with E-state index in [2.05, 4.69) is 35.9 Å². The van der Waals surface area contributed by atoms with Gasteiger partial charge in [0.1, 0.15) is 6.35 Å². The van der Waals surface area contributed by atoms with Crippen LogP contribution in [-0.4, -0.2) is 52.0 Å². The van der Waals surface area contributed by atoms with Crippen molar-refractivity contribution in [1.82, 2.24) is 19.5 Å². The summed E-state index contributed by atoms with van der Waals surface area (Å²) in [6, 6.07) is 0. The molecular weight excluding hydrogens is 471 g/mol. The van der Waals surface area contributed by atoms with E-state index in [0.717, 1.165) is 0 Å². The van der Waals surface area contributed by atoms with E-state index in [1.165, 1.54) is 10.9 Å². The van der Waals surface area contributed by atoms with Gasteiger partial charge in [0.15, 0.2) is 11.2 Å². The van der Waals surface area contributed by atoms with Crippen LogP contribution in [0.2, 0.25) is 0 Å². The van der Waals surface area contributed by atoms with Gasteiger partial charge < -0.3 is 34.6 Å². The number of imidazole rings is 1. The lowest BCUT2D eigenvalue weighted by Gasteiger charge is -2.16. The summed E-state index contributed by atoms with van der Waals surface area (Å²) in [7, 11) is -16.0. The number of nitrogen functional groups attached to an aromatic ring is 1. The molecule has 0 aliphatic rings. The minimum absolute atomic E-state index is 0.00765. The van der Waals surface area contributed by atoms with Gasteiger partial charge in [-0.2, -0.15) is 9.29 Å². The number of nitrogens with zero attached hydrogens (tertiary/aromatic N) is 3. The third-order valence-electron chi connectivity index (χ3n) is 3.08. The number of rotatable bonds is 10. The largest absolute Gasteiger partial charge is 0.488 e. The third kappa shape index (κ3) is 7.10. The molecule has 0 spiro atoms. The lowest BCUT2D eigenvalue weighted by atomic mass is 10.3. The van der Waals surface area contributed by atoms with Crippen molar-refractivity contribution in [2.45, 2.75) is 6.54 Å². The first-order valence-electron chi connectivity index (χ1n) is 7.50. The number of fused-ring (bicyclic) bond motifs is 1. The molecule has 166 valence electrons. The molecule has 0 bridgehead atoms. The standard InChI is InChI=1S/C11H16N5O11P3/c1-2-7(3-16-5-13-8-9(16)14-11(12)15-10(8)17)4-25-6-28(18,19)26-30(23,24)27-29(20,21)22/h5H,1,3-4,6H2,(H,18,19)(H,23,24)(H2,20,21,22)(H3,12,14,15,17). The summed E-state index contributed by atoms with van der Waals surface area (Å²) in [6.07, 6.45) is 0.147. The number of phosphoric acid groups is 2. The maximum absolute atomic E-state index is 11.8. The highest BCUT2D eigenvalue weighted by atomic mass is 31.3. The van der Waals surface area contributed by atoms with E-state index < -0.39 is 35.1 Å². The van der Waals surface area contributed by atoms with Gasteiger partial charge in [0, 0.05) is 5.57 Å². The van der Waals surface area contributed by atoms with Crippen LogP contribution in [0.3, 0.4) is 0 Å². The molecule has 2 atom stereocenters. The van der Waals surface area contributed by atoms with Crippen LogP contribution in [0.15, 0.2) is 29.0 Å². The van der Waals surface area contributed by atoms with Gasteiger partial charge in [-0.05, 0) is 0 Å². The number of hydrogen-bond acceptors (Lipinski definition) is 10. The van der Waals surface area contributed by atoms with Gasteiger partial charge in [-0.15, -0.1) is 5.73 Å². The zero-order chi connectivity index (χ0) is 22.7. The van der Waals surface area contributed by atoms with Crippen molar-refractivity contribution < 1.29 is 46.6 Å². The summed E-state index contributed by atoms with van der Waals surface area (Å²) >= 11 is 0. The molecule has 0 radical (unpaired) electrons. The number of nitrogens with two attached hydrogens (primary N) is 1. The van der Waals surface area contributed by atoms with Crippen LogP contribution in [-0.2, 0) is 33.6 Å². The molecule has 2 heterocycles. The second-order valence-corrected chi connectivity index (χ2v) is 10.3. The number of anilines is 1.